The van der Waals surface area contributed by atoms with E-state index in [1.54, 1.807) is 0 Å². The van der Waals surface area contributed by atoms with Gasteiger partial charge in [-0.2, -0.15) is 11.8 Å². The zero-order chi connectivity index (χ0) is 13.7. The van der Waals surface area contributed by atoms with Crippen LogP contribution in [0, 0.1) is 0 Å². The van der Waals surface area contributed by atoms with Crippen LogP contribution in [-0.2, 0) is 6.42 Å². The van der Waals surface area contributed by atoms with E-state index in [1.165, 1.54) is 30.4 Å². The Morgan fingerprint density at radius 3 is 2.95 bits per heavy atom. The molecule has 1 aliphatic carbocycles. The van der Waals surface area contributed by atoms with Crippen LogP contribution in [-0.4, -0.2) is 28.8 Å². The topological polar surface area (TPSA) is 32.3 Å². The van der Waals surface area contributed by atoms with Crippen LogP contribution in [0.1, 0.15) is 43.9 Å². The molecule has 2 N–H and O–H groups in total. The lowest BCUT2D eigenvalue weighted by Crippen LogP contribution is -2.31. The van der Waals surface area contributed by atoms with Crippen LogP contribution in [0.2, 0.25) is 0 Å². The molecule has 0 aliphatic heterocycles. The van der Waals surface area contributed by atoms with Crippen molar-refractivity contribution >= 4 is 11.8 Å². The molecule has 0 spiro atoms. The molecule has 1 aliphatic rings. The van der Waals surface area contributed by atoms with Crippen molar-refractivity contribution in [3.8, 4) is 0 Å². The smallest absolute Gasteiger partial charge is 0.0547 e. The number of hydrogen-bond donors (Lipinski definition) is 2. The van der Waals surface area contributed by atoms with E-state index in [4.69, 9.17) is 0 Å². The van der Waals surface area contributed by atoms with Crippen LogP contribution in [0.15, 0.2) is 24.3 Å². The minimum Gasteiger partial charge on any atom is -0.395 e. The van der Waals surface area contributed by atoms with Gasteiger partial charge in [-0.05, 0) is 36.9 Å². The van der Waals surface area contributed by atoms with Gasteiger partial charge in [0, 0.05) is 16.5 Å². The summed E-state index contributed by atoms with van der Waals surface area (Å²) in [5, 5.41) is 13.8. The van der Waals surface area contributed by atoms with Crippen LogP contribution < -0.4 is 5.32 Å². The van der Waals surface area contributed by atoms with E-state index in [2.05, 4.69) is 43.4 Å². The summed E-state index contributed by atoms with van der Waals surface area (Å²) in [5.74, 6) is 0. The zero-order valence-corrected chi connectivity index (χ0v) is 12.7. The highest BCUT2D eigenvalue weighted by molar-refractivity contribution is 8.00. The van der Waals surface area contributed by atoms with E-state index in [0.717, 1.165) is 6.54 Å². The number of aliphatic hydroxyl groups excluding tert-OH is 1. The summed E-state index contributed by atoms with van der Waals surface area (Å²) in [5.41, 5.74) is 2.96. The predicted octanol–water partition coefficient (Wildman–Crippen LogP) is 3.16. The molecule has 0 radical (unpaired) electrons. The Bertz CT molecular complexity index is 396. The molecule has 3 heteroatoms. The summed E-state index contributed by atoms with van der Waals surface area (Å²) in [6.07, 6.45) is 3.65. The van der Waals surface area contributed by atoms with Crippen molar-refractivity contribution in [1.82, 2.24) is 5.32 Å². The van der Waals surface area contributed by atoms with E-state index >= 15 is 0 Å². The first-order chi connectivity index (χ1) is 9.26. The largest absolute Gasteiger partial charge is 0.395 e. The average molecular weight is 279 g/mol. The highest BCUT2D eigenvalue weighted by Crippen LogP contribution is 2.37. The second-order valence-electron chi connectivity index (χ2n) is 5.29. The number of thioether (sulfide) groups is 1. The van der Waals surface area contributed by atoms with Crippen LogP contribution in [0.4, 0.5) is 0 Å². The molecule has 2 nitrogen and oxygen atoms in total. The Morgan fingerprint density at radius 1 is 1.42 bits per heavy atom. The fourth-order valence-electron chi connectivity index (χ4n) is 2.88. The minimum absolute atomic E-state index is 0.266. The third kappa shape index (κ3) is 3.74. The van der Waals surface area contributed by atoms with Crippen molar-refractivity contribution in [1.29, 1.82) is 0 Å². The fraction of sp³-hybridized carbons (Fsp3) is 0.625. The maximum atomic E-state index is 9.31. The number of aliphatic hydroxyl groups is 1. The lowest BCUT2D eigenvalue weighted by molar-refractivity contribution is 0.299. The molecule has 106 valence electrons. The van der Waals surface area contributed by atoms with Gasteiger partial charge in [0.1, 0.15) is 0 Å². The van der Waals surface area contributed by atoms with Gasteiger partial charge in [-0.3, -0.25) is 0 Å². The van der Waals surface area contributed by atoms with Gasteiger partial charge in [0.15, 0.2) is 0 Å². The predicted molar refractivity (Wildman–Crippen MR) is 83.7 cm³/mol. The van der Waals surface area contributed by atoms with E-state index < -0.39 is 0 Å². The molecular weight excluding hydrogens is 254 g/mol. The molecular formula is C16H25NOS. The monoisotopic (exact) mass is 279 g/mol. The lowest BCUT2D eigenvalue weighted by atomic mass is 9.99. The van der Waals surface area contributed by atoms with E-state index in [9.17, 15) is 5.11 Å². The van der Waals surface area contributed by atoms with Gasteiger partial charge in [-0.25, -0.2) is 0 Å². The highest BCUT2D eigenvalue weighted by atomic mass is 32.2. The SMILES string of the molecule is CCNC1c2ccccc2CCCC1SC(C)CO. The molecule has 0 amide bonds. The molecule has 0 heterocycles. The van der Waals surface area contributed by atoms with Gasteiger partial charge in [0.2, 0.25) is 0 Å². The number of fused-ring (bicyclic) bond motifs is 1. The van der Waals surface area contributed by atoms with Crippen LogP contribution >= 0.6 is 11.8 Å². The van der Waals surface area contributed by atoms with Crippen molar-refractivity contribution in [2.75, 3.05) is 13.2 Å². The Balaban J connectivity index is 2.24. The van der Waals surface area contributed by atoms with Gasteiger partial charge in [0.05, 0.1) is 6.61 Å². The minimum atomic E-state index is 0.266. The molecule has 19 heavy (non-hydrogen) atoms. The fourth-order valence-corrected chi connectivity index (χ4v) is 4.26. The van der Waals surface area contributed by atoms with Crippen molar-refractivity contribution in [2.45, 2.75) is 49.7 Å². The molecule has 1 aromatic carbocycles. The lowest BCUT2D eigenvalue weighted by Gasteiger charge is -2.28. The Hall–Kier alpha value is -0.510. The van der Waals surface area contributed by atoms with Gasteiger partial charge in [-0.1, -0.05) is 38.1 Å². The van der Waals surface area contributed by atoms with E-state index in [0.29, 0.717) is 16.5 Å². The number of aryl methyl sites for hydroxylation is 1. The molecule has 3 atom stereocenters. The third-order valence-electron chi connectivity index (χ3n) is 3.78. The molecule has 0 aromatic heterocycles. The van der Waals surface area contributed by atoms with E-state index in [-0.39, 0.29) is 6.61 Å². The Morgan fingerprint density at radius 2 is 2.21 bits per heavy atom. The maximum Gasteiger partial charge on any atom is 0.0547 e. The number of rotatable bonds is 5. The maximum absolute atomic E-state index is 9.31. The van der Waals surface area contributed by atoms with Crippen LogP contribution in [0.3, 0.4) is 0 Å². The van der Waals surface area contributed by atoms with Gasteiger partial charge < -0.3 is 10.4 Å². The van der Waals surface area contributed by atoms with E-state index in [1.807, 2.05) is 11.8 Å². The number of benzene rings is 1. The number of nitrogens with one attached hydrogen (secondary N) is 1. The summed E-state index contributed by atoms with van der Waals surface area (Å²) >= 11 is 1.93. The molecule has 3 unspecified atom stereocenters. The average Bonchev–Trinajstić information content (AvgIpc) is 2.60. The molecule has 0 fully saturated rings. The summed E-state index contributed by atoms with van der Waals surface area (Å²) in [7, 11) is 0. The van der Waals surface area contributed by atoms with Crippen LogP contribution in [0.5, 0.6) is 0 Å². The van der Waals surface area contributed by atoms with Crippen LogP contribution in [0.25, 0.3) is 0 Å². The quantitative estimate of drug-likeness (QED) is 0.812. The van der Waals surface area contributed by atoms with Gasteiger partial charge in [0.25, 0.3) is 0 Å². The highest BCUT2D eigenvalue weighted by Gasteiger charge is 2.28. The first kappa shape index (κ1) is 14.9. The first-order valence-electron chi connectivity index (χ1n) is 7.33. The zero-order valence-electron chi connectivity index (χ0n) is 11.9. The van der Waals surface area contributed by atoms with Crippen molar-refractivity contribution in [2.24, 2.45) is 0 Å². The number of hydrogen-bond acceptors (Lipinski definition) is 3. The Kier molecular flexibility index (Phi) is 5.74. The van der Waals surface area contributed by atoms with Crippen molar-refractivity contribution in [3.63, 3.8) is 0 Å². The molecule has 0 bridgehead atoms. The van der Waals surface area contributed by atoms with Crippen molar-refractivity contribution < 1.29 is 5.11 Å². The summed E-state index contributed by atoms with van der Waals surface area (Å²) in [6, 6.07) is 9.24. The second kappa shape index (κ2) is 7.32. The normalized spacial score (nSPS) is 24.6. The summed E-state index contributed by atoms with van der Waals surface area (Å²) < 4.78 is 0. The molecule has 1 aromatic rings. The molecule has 2 rings (SSSR count). The molecule has 0 saturated heterocycles. The standard InChI is InChI=1S/C16H25NOS/c1-3-17-16-14-9-5-4-7-13(14)8-6-10-15(16)19-12(2)11-18/h4-5,7,9,12,15-18H,3,6,8,10-11H2,1-2H3. The second-order valence-corrected chi connectivity index (χ2v) is 6.98. The Labute approximate surface area is 121 Å². The molecule has 0 saturated carbocycles. The van der Waals surface area contributed by atoms with Gasteiger partial charge in [-0.15, -0.1) is 0 Å². The van der Waals surface area contributed by atoms with Gasteiger partial charge >= 0.3 is 0 Å². The summed E-state index contributed by atoms with van der Waals surface area (Å²) in [6.45, 7) is 5.54. The van der Waals surface area contributed by atoms with Crippen molar-refractivity contribution in [3.05, 3.63) is 35.4 Å². The third-order valence-corrected chi connectivity index (χ3v) is 5.26. The summed E-state index contributed by atoms with van der Waals surface area (Å²) in [4.78, 5) is 0. The first-order valence-corrected chi connectivity index (χ1v) is 8.28.